The summed E-state index contributed by atoms with van der Waals surface area (Å²) in [5.41, 5.74) is 2.98. The van der Waals surface area contributed by atoms with Crippen LogP contribution in [0, 0.1) is 13.8 Å². The first kappa shape index (κ1) is 25.0. The Morgan fingerprint density at radius 3 is 2.39 bits per heavy atom. The Bertz CT molecular complexity index is 1460. The molecule has 1 heterocycles. The fourth-order valence-electron chi connectivity index (χ4n) is 3.88. The molecule has 0 atom stereocenters. The summed E-state index contributed by atoms with van der Waals surface area (Å²) < 4.78 is 35.7. The van der Waals surface area contributed by atoms with Crippen molar-refractivity contribution in [3.63, 3.8) is 0 Å². The lowest BCUT2D eigenvalue weighted by molar-refractivity contribution is -0.119. The number of anilines is 1. The van der Waals surface area contributed by atoms with Gasteiger partial charge in [-0.1, -0.05) is 48.0 Å². The Balaban J connectivity index is 1.61. The van der Waals surface area contributed by atoms with Gasteiger partial charge in [0.15, 0.2) is 0 Å². The van der Waals surface area contributed by atoms with Gasteiger partial charge in [0.1, 0.15) is 18.1 Å². The summed E-state index contributed by atoms with van der Waals surface area (Å²) in [6.45, 7) is 3.58. The van der Waals surface area contributed by atoms with E-state index in [4.69, 9.17) is 4.74 Å². The quantitative estimate of drug-likeness (QED) is 0.372. The lowest BCUT2D eigenvalue weighted by Gasteiger charge is -2.25. The number of benzene rings is 3. The SMILES string of the molecule is COc1ccccc1N(CC(=O)NCc1ccccc1-n1ccnc1C)S(=O)(=O)c1ccc(C)cc1. The molecule has 0 saturated heterocycles. The maximum Gasteiger partial charge on any atom is 0.264 e. The molecule has 1 aromatic heterocycles. The van der Waals surface area contributed by atoms with E-state index in [9.17, 15) is 13.2 Å². The van der Waals surface area contributed by atoms with E-state index in [0.717, 1.165) is 26.9 Å². The Morgan fingerprint density at radius 2 is 1.69 bits per heavy atom. The second kappa shape index (κ2) is 10.7. The molecule has 8 nitrogen and oxygen atoms in total. The van der Waals surface area contributed by atoms with Gasteiger partial charge in [-0.2, -0.15) is 0 Å². The fraction of sp³-hybridized carbons (Fsp3) is 0.185. The zero-order valence-corrected chi connectivity index (χ0v) is 21.2. The molecule has 9 heteroatoms. The molecule has 186 valence electrons. The number of hydrogen-bond acceptors (Lipinski definition) is 5. The van der Waals surface area contributed by atoms with Gasteiger partial charge in [-0.05, 0) is 49.7 Å². The zero-order chi connectivity index (χ0) is 25.7. The molecule has 4 rings (SSSR count). The minimum Gasteiger partial charge on any atom is -0.495 e. The molecule has 0 unspecified atom stereocenters. The third-order valence-corrected chi connectivity index (χ3v) is 7.58. The van der Waals surface area contributed by atoms with Crippen LogP contribution in [0.1, 0.15) is 17.0 Å². The number of nitrogens with zero attached hydrogens (tertiary/aromatic N) is 3. The Morgan fingerprint density at radius 1 is 1.00 bits per heavy atom. The lowest BCUT2D eigenvalue weighted by atomic mass is 10.1. The van der Waals surface area contributed by atoms with E-state index in [0.29, 0.717) is 5.75 Å². The van der Waals surface area contributed by atoms with Crippen LogP contribution in [0.15, 0.2) is 90.1 Å². The molecule has 0 aliphatic heterocycles. The normalized spacial score (nSPS) is 11.2. The number of aromatic nitrogens is 2. The van der Waals surface area contributed by atoms with Crippen LogP contribution < -0.4 is 14.4 Å². The highest BCUT2D eigenvalue weighted by Gasteiger charge is 2.29. The van der Waals surface area contributed by atoms with Crippen LogP contribution in [0.5, 0.6) is 5.75 Å². The van der Waals surface area contributed by atoms with Crippen molar-refractivity contribution >= 4 is 21.6 Å². The predicted molar refractivity (Wildman–Crippen MR) is 139 cm³/mol. The molecular formula is C27H28N4O4S. The third kappa shape index (κ3) is 5.26. The summed E-state index contributed by atoms with van der Waals surface area (Å²) in [6, 6.07) is 20.9. The second-order valence-electron chi connectivity index (χ2n) is 8.25. The molecule has 0 aliphatic rings. The fourth-order valence-corrected chi connectivity index (χ4v) is 5.31. The molecule has 3 aromatic carbocycles. The molecular weight excluding hydrogens is 476 g/mol. The first-order valence-electron chi connectivity index (χ1n) is 11.4. The molecule has 0 bridgehead atoms. The average Bonchev–Trinajstić information content (AvgIpc) is 3.32. The van der Waals surface area contributed by atoms with Crippen molar-refractivity contribution < 1.29 is 17.9 Å². The molecule has 0 spiro atoms. The van der Waals surface area contributed by atoms with Crippen molar-refractivity contribution in [3.05, 3.63) is 102 Å². The van der Waals surface area contributed by atoms with Crippen LogP contribution in [0.4, 0.5) is 5.69 Å². The second-order valence-corrected chi connectivity index (χ2v) is 10.1. The molecule has 0 aliphatic carbocycles. The van der Waals surface area contributed by atoms with E-state index >= 15 is 0 Å². The number of imidazole rings is 1. The molecule has 4 aromatic rings. The molecule has 1 N–H and O–H groups in total. The number of sulfonamides is 1. The number of carbonyl (C=O) groups is 1. The van der Waals surface area contributed by atoms with E-state index in [2.05, 4.69) is 10.3 Å². The van der Waals surface area contributed by atoms with E-state index in [1.165, 1.54) is 19.2 Å². The van der Waals surface area contributed by atoms with Crippen molar-refractivity contribution in [1.29, 1.82) is 0 Å². The predicted octanol–water partition coefficient (Wildman–Crippen LogP) is 4.01. The van der Waals surface area contributed by atoms with Crippen molar-refractivity contribution in [2.75, 3.05) is 18.0 Å². The van der Waals surface area contributed by atoms with Crippen LogP contribution >= 0.6 is 0 Å². The Kier molecular flexibility index (Phi) is 7.40. The van der Waals surface area contributed by atoms with Crippen LogP contribution in [0.25, 0.3) is 5.69 Å². The highest BCUT2D eigenvalue weighted by atomic mass is 32.2. The van der Waals surface area contributed by atoms with Crippen molar-refractivity contribution in [2.24, 2.45) is 0 Å². The van der Waals surface area contributed by atoms with Gasteiger partial charge in [0.2, 0.25) is 5.91 Å². The van der Waals surface area contributed by atoms with Crippen molar-refractivity contribution in [2.45, 2.75) is 25.3 Å². The molecule has 0 radical (unpaired) electrons. The number of nitrogens with one attached hydrogen (secondary N) is 1. The summed E-state index contributed by atoms with van der Waals surface area (Å²) in [6.07, 6.45) is 3.57. The first-order valence-corrected chi connectivity index (χ1v) is 12.8. The van der Waals surface area contributed by atoms with Gasteiger partial charge in [-0.15, -0.1) is 0 Å². The number of para-hydroxylation sites is 3. The van der Waals surface area contributed by atoms with E-state index in [1.54, 1.807) is 42.6 Å². The van der Waals surface area contributed by atoms with E-state index in [-0.39, 0.29) is 17.1 Å². The average molecular weight is 505 g/mol. The minimum absolute atomic E-state index is 0.0905. The van der Waals surface area contributed by atoms with E-state index < -0.39 is 22.5 Å². The van der Waals surface area contributed by atoms with Crippen LogP contribution in [0.2, 0.25) is 0 Å². The summed E-state index contributed by atoms with van der Waals surface area (Å²) in [7, 11) is -2.59. The number of methoxy groups -OCH3 is 1. The topological polar surface area (TPSA) is 93.5 Å². The number of hydrogen-bond donors (Lipinski definition) is 1. The van der Waals surface area contributed by atoms with Gasteiger partial charge in [0.05, 0.1) is 23.4 Å². The largest absolute Gasteiger partial charge is 0.495 e. The summed E-state index contributed by atoms with van der Waals surface area (Å²) in [4.78, 5) is 17.5. The Hall–Kier alpha value is -4.11. The maximum absolute atomic E-state index is 13.6. The molecule has 36 heavy (non-hydrogen) atoms. The number of amides is 1. The number of carbonyl (C=O) groups excluding carboxylic acids is 1. The van der Waals surface area contributed by atoms with Gasteiger partial charge in [-0.3, -0.25) is 9.10 Å². The number of ether oxygens (including phenoxy) is 1. The van der Waals surface area contributed by atoms with Crippen molar-refractivity contribution in [1.82, 2.24) is 14.9 Å². The van der Waals surface area contributed by atoms with Crippen molar-refractivity contribution in [3.8, 4) is 11.4 Å². The molecule has 1 amide bonds. The number of aryl methyl sites for hydroxylation is 2. The smallest absolute Gasteiger partial charge is 0.264 e. The van der Waals surface area contributed by atoms with Gasteiger partial charge in [-0.25, -0.2) is 13.4 Å². The van der Waals surface area contributed by atoms with Crippen LogP contribution in [0.3, 0.4) is 0 Å². The zero-order valence-electron chi connectivity index (χ0n) is 20.4. The van der Waals surface area contributed by atoms with Crippen LogP contribution in [-0.4, -0.2) is 37.5 Å². The summed E-state index contributed by atoms with van der Waals surface area (Å²) >= 11 is 0. The van der Waals surface area contributed by atoms with Gasteiger partial charge >= 0.3 is 0 Å². The highest BCUT2D eigenvalue weighted by Crippen LogP contribution is 2.32. The highest BCUT2D eigenvalue weighted by molar-refractivity contribution is 7.92. The van der Waals surface area contributed by atoms with Gasteiger partial charge < -0.3 is 14.6 Å². The molecule has 0 saturated carbocycles. The minimum atomic E-state index is -4.05. The first-order chi connectivity index (χ1) is 17.3. The van der Waals surface area contributed by atoms with Crippen LogP contribution in [-0.2, 0) is 21.4 Å². The number of rotatable bonds is 9. The molecule has 0 fully saturated rings. The lowest BCUT2D eigenvalue weighted by Crippen LogP contribution is -2.41. The monoisotopic (exact) mass is 504 g/mol. The summed E-state index contributed by atoms with van der Waals surface area (Å²) in [5, 5.41) is 2.87. The standard InChI is InChI=1S/C27H28N4O4S/c1-20-12-14-23(15-13-20)36(33,34)31(25-10-6-7-11-26(25)35-3)19-27(32)29-18-22-8-4-5-9-24(22)30-17-16-28-21(30)2/h4-17H,18-19H2,1-3H3,(H,29,32). The third-order valence-electron chi connectivity index (χ3n) is 5.80. The Labute approximate surface area is 211 Å². The summed E-state index contributed by atoms with van der Waals surface area (Å²) in [5.74, 6) is 0.718. The van der Waals surface area contributed by atoms with Gasteiger partial charge in [0.25, 0.3) is 10.0 Å². The van der Waals surface area contributed by atoms with Gasteiger partial charge in [0, 0.05) is 18.9 Å². The van der Waals surface area contributed by atoms with E-state index in [1.807, 2.05) is 48.9 Å². The maximum atomic E-state index is 13.6.